The molecule has 58 valence electrons. The number of aryl methyl sites for hydroxylation is 1. The number of furan rings is 1. The Morgan fingerprint density at radius 1 is 1.73 bits per heavy atom. The van der Waals surface area contributed by atoms with Crippen molar-refractivity contribution in [1.29, 1.82) is 0 Å². The molecule has 1 amide bonds. The summed E-state index contributed by atoms with van der Waals surface area (Å²) >= 11 is 0. The van der Waals surface area contributed by atoms with Crippen molar-refractivity contribution in [2.45, 2.75) is 6.92 Å². The Hall–Kier alpha value is -1.51. The first-order chi connectivity index (χ1) is 5.20. The third-order valence-electron chi connectivity index (χ3n) is 1.33. The van der Waals surface area contributed by atoms with Crippen molar-refractivity contribution in [3.05, 3.63) is 29.7 Å². The number of hydrogen-bond acceptors (Lipinski definition) is 2. The zero-order valence-corrected chi connectivity index (χ0v) is 6.20. The highest BCUT2D eigenvalue weighted by Gasteiger charge is 1.95. The minimum Gasteiger partial charge on any atom is -0.469 e. The molecule has 0 bridgehead atoms. The fraction of sp³-hybridized carbons (Fsp3) is 0.125. The number of hydrogen-bond donors (Lipinski definition) is 1. The van der Waals surface area contributed by atoms with E-state index in [4.69, 9.17) is 10.2 Å². The maximum Gasteiger partial charge on any atom is 0.241 e. The highest BCUT2D eigenvalue weighted by atomic mass is 16.3. The number of nitrogens with two attached hydrogens (primary N) is 1. The predicted molar refractivity (Wildman–Crippen MR) is 41.7 cm³/mol. The molecule has 0 aliphatic carbocycles. The smallest absolute Gasteiger partial charge is 0.241 e. The molecular formula is C8H9NO2. The number of carbonyl (C=O) groups is 1. The topological polar surface area (TPSA) is 56.2 Å². The number of rotatable bonds is 2. The van der Waals surface area contributed by atoms with Crippen LogP contribution < -0.4 is 5.73 Å². The number of amides is 1. The van der Waals surface area contributed by atoms with Crippen molar-refractivity contribution >= 4 is 12.0 Å². The molecule has 1 heterocycles. The molecule has 3 heteroatoms. The quantitative estimate of drug-likeness (QED) is 0.643. The summed E-state index contributed by atoms with van der Waals surface area (Å²) < 4.78 is 4.99. The summed E-state index contributed by atoms with van der Waals surface area (Å²) in [5.41, 5.74) is 5.78. The van der Waals surface area contributed by atoms with Crippen molar-refractivity contribution in [2.24, 2.45) is 5.73 Å². The van der Waals surface area contributed by atoms with Gasteiger partial charge in [0.2, 0.25) is 5.91 Å². The van der Waals surface area contributed by atoms with Gasteiger partial charge in [0.25, 0.3) is 0 Å². The van der Waals surface area contributed by atoms with E-state index >= 15 is 0 Å². The fourth-order valence-corrected chi connectivity index (χ4v) is 0.740. The van der Waals surface area contributed by atoms with Crippen LogP contribution in [0.5, 0.6) is 0 Å². The van der Waals surface area contributed by atoms with Crippen LogP contribution >= 0.6 is 0 Å². The van der Waals surface area contributed by atoms with Crippen molar-refractivity contribution in [2.75, 3.05) is 0 Å². The molecular weight excluding hydrogens is 142 g/mol. The molecule has 0 aliphatic rings. The second kappa shape index (κ2) is 3.05. The van der Waals surface area contributed by atoms with E-state index in [1.54, 1.807) is 18.4 Å². The molecule has 0 fully saturated rings. The van der Waals surface area contributed by atoms with Gasteiger partial charge in [-0.25, -0.2) is 0 Å². The highest BCUT2D eigenvalue weighted by Crippen LogP contribution is 2.09. The third kappa shape index (κ3) is 1.97. The summed E-state index contributed by atoms with van der Waals surface area (Å²) in [6, 6.07) is 1.77. The van der Waals surface area contributed by atoms with Crippen LogP contribution in [-0.4, -0.2) is 5.91 Å². The molecule has 0 atom stereocenters. The van der Waals surface area contributed by atoms with Crippen LogP contribution in [0.25, 0.3) is 6.08 Å². The Morgan fingerprint density at radius 3 is 2.91 bits per heavy atom. The summed E-state index contributed by atoms with van der Waals surface area (Å²) in [6.45, 7) is 1.82. The number of primary amides is 1. The van der Waals surface area contributed by atoms with E-state index < -0.39 is 5.91 Å². The van der Waals surface area contributed by atoms with Gasteiger partial charge in [-0.15, -0.1) is 0 Å². The van der Waals surface area contributed by atoms with Gasteiger partial charge in [-0.05, 0) is 19.1 Å². The molecule has 0 radical (unpaired) electrons. The molecule has 0 aromatic carbocycles. The molecule has 2 N–H and O–H groups in total. The molecule has 1 rings (SSSR count). The molecule has 3 nitrogen and oxygen atoms in total. The standard InChI is InChI=1S/C8H9NO2/c1-6-7(4-5-11-6)2-3-8(9)10/h2-5H,1H3,(H2,9,10)/b3-2+. The van der Waals surface area contributed by atoms with Gasteiger partial charge in [0.1, 0.15) is 5.76 Å². The molecule has 0 saturated carbocycles. The van der Waals surface area contributed by atoms with Gasteiger partial charge < -0.3 is 10.2 Å². The minimum absolute atomic E-state index is 0.453. The van der Waals surface area contributed by atoms with Crippen molar-refractivity contribution in [3.63, 3.8) is 0 Å². The third-order valence-corrected chi connectivity index (χ3v) is 1.33. The fourth-order valence-electron chi connectivity index (χ4n) is 0.740. The lowest BCUT2D eigenvalue weighted by molar-refractivity contribution is -0.113. The van der Waals surface area contributed by atoms with Crippen LogP contribution in [0.15, 0.2) is 22.8 Å². The molecule has 1 aromatic rings. The van der Waals surface area contributed by atoms with Crippen LogP contribution in [0.3, 0.4) is 0 Å². The molecule has 0 unspecified atom stereocenters. The van der Waals surface area contributed by atoms with Crippen LogP contribution in [-0.2, 0) is 4.79 Å². The Bertz CT molecular complexity index is 286. The van der Waals surface area contributed by atoms with Crippen molar-refractivity contribution in [3.8, 4) is 0 Å². The van der Waals surface area contributed by atoms with Gasteiger partial charge in [-0.3, -0.25) is 4.79 Å². The van der Waals surface area contributed by atoms with Gasteiger partial charge in [-0.2, -0.15) is 0 Å². The van der Waals surface area contributed by atoms with E-state index in [2.05, 4.69) is 0 Å². The average Bonchev–Trinajstić information content (AvgIpc) is 2.31. The molecule has 0 aliphatic heterocycles. The van der Waals surface area contributed by atoms with Crippen LogP contribution in [0, 0.1) is 6.92 Å². The van der Waals surface area contributed by atoms with Crippen LogP contribution in [0.4, 0.5) is 0 Å². The van der Waals surface area contributed by atoms with E-state index in [9.17, 15) is 4.79 Å². The van der Waals surface area contributed by atoms with Gasteiger partial charge in [0.15, 0.2) is 0 Å². The lowest BCUT2D eigenvalue weighted by Gasteiger charge is -1.85. The SMILES string of the molecule is Cc1occc1/C=C/C(N)=O. The molecule has 1 aromatic heterocycles. The summed E-state index contributed by atoms with van der Waals surface area (Å²) in [6.07, 6.45) is 4.50. The zero-order valence-electron chi connectivity index (χ0n) is 6.20. The summed E-state index contributed by atoms with van der Waals surface area (Å²) in [5.74, 6) is 0.327. The molecule has 0 spiro atoms. The van der Waals surface area contributed by atoms with Crippen molar-refractivity contribution in [1.82, 2.24) is 0 Å². The van der Waals surface area contributed by atoms with Gasteiger partial charge >= 0.3 is 0 Å². The Balaban J connectivity index is 2.79. The molecule has 11 heavy (non-hydrogen) atoms. The highest BCUT2D eigenvalue weighted by molar-refractivity contribution is 5.90. The van der Waals surface area contributed by atoms with Gasteiger partial charge in [0, 0.05) is 11.6 Å². The first-order valence-corrected chi connectivity index (χ1v) is 3.22. The molecule has 0 saturated heterocycles. The summed E-state index contributed by atoms with van der Waals surface area (Å²) in [4.78, 5) is 10.3. The van der Waals surface area contributed by atoms with E-state index in [-0.39, 0.29) is 0 Å². The zero-order chi connectivity index (χ0) is 8.27. The first kappa shape index (κ1) is 7.60. The Morgan fingerprint density at radius 2 is 2.45 bits per heavy atom. The maximum atomic E-state index is 10.3. The maximum absolute atomic E-state index is 10.3. The van der Waals surface area contributed by atoms with E-state index in [0.717, 1.165) is 11.3 Å². The second-order valence-corrected chi connectivity index (χ2v) is 2.17. The first-order valence-electron chi connectivity index (χ1n) is 3.22. The van der Waals surface area contributed by atoms with E-state index in [1.807, 2.05) is 6.92 Å². The monoisotopic (exact) mass is 151 g/mol. The summed E-state index contributed by atoms with van der Waals surface area (Å²) in [5, 5.41) is 0. The van der Waals surface area contributed by atoms with E-state index in [1.165, 1.54) is 6.08 Å². The van der Waals surface area contributed by atoms with Crippen molar-refractivity contribution < 1.29 is 9.21 Å². The largest absolute Gasteiger partial charge is 0.469 e. The van der Waals surface area contributed by atoms with Gasteiger partial charge in [-0.1, -0.05) is 0 Å². The van der Waals surface area contributed by atoms with Gasteiger partial charge in [0.05, 0.1) is 6.26 Å². The van der Waals surface area contributed by atoms with E-state index in [0.29, 0.717) is 0 Å². The summed E-state index contributed by atoms with van der Waals surface area (Å²) in [7, 11) is 0. The predicted octanol–water partition coefficient (Wildman–Crippen LogP) is 1.09. The minimum atomic E-state index is -0.453. The van der Waals surface area contributed by atoms with Crippen LogP contribution in [0.1, 0.15) is 11.3 Å². The normalized spacial score (nSPS) is 10.6. The average molecular weight is 151 g/mol. The lowest BCUT2D eigenvalue weighted by Crippen LogP contribution is -2.05. The Kier molecular flexibility index (Phi) is 2.11. The Labute approximate surface area is 64.5 Å². The van der Waals surface area contributed by atoms with Crippen LogP contribution in [0.2, 0.25) is 0 Å². The lowest BCUT2D eigenvalue weighted by atomic mass is 10.2. The second-order valence-electron chi connectivity index (χ2n) is 2.17. The number of carbonyl (C=O) groups excluding carboxylic acids is 1.